The van der Waals surface area contributed by atoms with Crippen LogP contribution in [0.1, 0.15) is 4.28 Å². The summed E-state index contributed by atoms with van der Waals surface area (Å²) in [4.78, 5) is 8.11. The van der Waals surface area contributed by atoms with Crippen LogP contribution in [0.2, 0.25) is 0 Å². The molecule has 3 N–H and O–H groups in total. The number of hydrogen-bond donors (Lipinski definition) is 1. The molecule has 0 rings (SSSR count). The predicted octanol–water partition coefficient (Wildman–Crippen LogP) is -10.1. The summed E-state index contributed by atoms with van der Waals surface area (Å²) in [6, 6.07) is 0. The zero-order valence-electron chi connectivity index (χ0n) is 7.97. The van der Waals surface area contributed by atoms with Gasteiger partial charge in [0.05, 0.1) is 0 Å². The molecule has 0 bridgehead atoms. The number of rotatable bonds is 0. The van der Waals surface area contributed by atoms with E-state index in [2.05, 4.69) is 0 Å². The summed E-state index contributed by atoms with van der Waals surface area (Å²) < 4.78 is 0. The van der Waals surface area contributed by atoms with E-state index in [1.807, 2.05) is 0 Å². The Kier molecular flexibility index (Phi) is 385. The summed E-state index contributed by atoms with van der Waals surface area (Å²) in [7, 11) is 0. The van der Waals surface area contributed by atoms with Crippen molar-refractivity contribution in [2.45, 2.75) is 0 Å². The van der Waals surface area contributed by atoms with Crippen LogP contribution in [0, 0.1) is 4.91 Å². The monoisotopic (exact) mass is 241 g/mol. The predicted molar refractivity (Wildman–Crippen MR) is 26.0 cm³/mol. The molecular formula is H6Ca2Cl2NNaO3. The Morgan fingerprint density at radius 1 is 1.22 bits per heavy atom. The Hall–Kier alpha value is 3.46. The topological polar surface area (TPSA) is 81.2 Å². The second-order valence-electron chi connectivity index (χ2n) is 0.0816. The van der Waals surface area contributed by atoms with Gasteiger partial charge in [0, 0.05) is 0 Å². The van der Waals surface area contributed by atoms with Crippen molar-refractivity contribution >= 4 is 75.5 Å². The van der Waals surface area contributed by atoms with E-state index in [1.54, 1.807) is 0 Å². The second-order valence-corrected chi connectivity index (χ2v) is 0.0816. The molecule has 0 aliphatic heterocycles. The first-order chi connectivity index (χ1) is 1.41. The third-order valence-corrected chi connectivity index (χ3v) is 0. The Balaban J connectivity index is -0.000000000556. The van der Waals surface area contributed by atoms with Crippen molar-refractivity contribution in [3.8, 4) is 0 Å². The molecule has 9 heavy (non-hydrogen) atoms. The molecule has 0 heterocycles. The zero-order valence-corrected chi connectivity index (χ0v) is 12.9. The van der Waals surface area contributed by atoms with Gasteiger partial charge in [-0.1, -0.05) is 0 Å². The number of nitrogens with zero attached hydrogens (tertiary/aromatic N) is 1. The second kappa shape index (κ2) is 63.0. The van der Waals surface area contributed by atoms with E-state index < -0.39 is 0 Å². The molecule has 9 heteroatoms. The fourth-order valence-electron chi connectivity index (χ4n) is 0. The van der Waals surface area contributed by atoms with E-state index in [9.17, 15) is 0 Å². The molecule has 0 saturated heterocycles. The molecule has 0 amide bonds. The third kappa shape index (κ3) is 85.7. The van der Waals surface area contributed by atoms with Crippen molar-refractivity contribution in [1.29, 1.82) is 0 Å². The maximum Gasteiger partial charge on any atom is 2.00 e. The molecule has 0 fully saturated rings. The van der Waals surface area contributed by atoms with Crippen LogP contribution in [0.25, 0.3) is 0 Å². The molecule has 0 atom stereocenters. The van der Waals surface area contributed by atoms with Crippen molar-refractivity contribution in [1.82, 2.24) is 0 Å². The standard InChI is InChI=1S/2Ca.2ClH.HNO2.Na.H2O.3H/c;;;;2-1-3;;;;;/h;;2*1H;(H,2,3);;1H2;;;/q2*+2;;;;+1;;3*-1/p-2. The van der Waals surface area contributed by atoms with Gasteiger partial charge in [-0.15, -0.1) is 4.91 Å². The summed E-state index contributed by atoms with van der Waals surface area (Å²) in [5, 5.41) is 7.89. The van der Waals surface area contributed by atoms with Gasteiger partial charge in [0.15, 0.2) is 5.34 Å². The van der Waals surface area contributed by atoms with Gasteiger partial charge >= 0.3 is 105 Å². The molecule has 0 aromatic heterocycles. The van der Waals surface area contributed by atoms with Crippen LogP contribution in [0.5, 0.6) is 0 Å². The van der Waals surface area contributed by atoms with Gasteiger partial charge in [0.2, 0.25) is 0 Å². The molecule has 4 nitrogen and oxygen atoms in total. The third-order valence-electron chi connectivity index (χ3n) is 0. The first-order valence-corrected chi connectivity index (χ1v) is 0.383. The Morgan fingerprint density at radius 2 is 1.22 bits per heavy atom. The molecule has 0 aromatic carbocycles. The number of hydrogen-bond acceptors (Lipinski definition) is 2. The Morgan fingerprint density at radius 3 is 1.22 bits per heavy atom. The summed E-state index contributed by atoms with van der Waals surface area (Å²) in [5.74, 6) is 0. The Bertz CT molecular complexity index is 37.0. The van der Waals surface area contributed by atoms with Crippen LogP contribution in [0.4, 0.5) is 0 Å². The normalized spacial score (nSPS) is 1.33. The van der Waals surface area contributed by atoms with E-state index in [4.69, 9.17) is 10.1 Å². The molecule has 0 aliphatic rings. The smallest absolute Gasteiger partial charge is 1.00 e. The average molecular weight is 242 g/mol. The largest absolute Gasteiger partial charge is 2.00 e. The van der Waals surface area contributed by atoms with E-state index in [0.29, 0.717) is 0 Å². The van der Waals surface area contributed by atoms with Crippen LogP contribution >= 0.6 is 0 Å². The molecule has 0 spiro atoms. The molecule has 0 aliphatic carbocycles. The first kappa shape index (κ1) is 54.9. The van der Waals surface area contributed by atoms with Crippen LogP contribution in [-0.4, -0.2) is 86.2 Å². The minimum Gasteiger partial charge on any atom is -1.00 e. The number of halogens is 2. The van der Waals surface area contributed by atoms with Crippen molar-refractivity contribution in [2.24, 2.45) is 5.34 Å². The fourth-order valence-corrected chi connectivity index (χ4v) is 0. The van der Waals surface area contributed by atoms with E-state index in [1.165, 1.54) is 5.34 Å². The first-order valence-electron chi connectivity index (χ1n) is 0.383. The van der Waals surface area contributed by atoms with Gasteiger partial charge in [0.25, 0.3) is 0 Å². The summed E-state index contributed by atoms with van der Waals surface area (Å²) in [6.07, 6.45) is 0. The summed E-state index contributed by atoms with van der Waals surface area (Å²) >= 11 is 0. The van der Waals surface area contributed by atoms with Gasteiger partial charge in [0.1, 0.15) is 0 Å². The molecule has 48 valence electrons. The van der Waals surface area contributed by atoms with Crippen LogP contribution in [-0.2, 0) is 0 Å². The van der Waals surface area contributed by atoms with Crippen LogP contribution in [0.15, 0.2) is 5.34 Å². The molecular weight excluding hydrogens is 236 g/mol. The fraction of sp³-hybridized carbons (Fsp3) is 0. The van der Waals surface area contributed by atoms with Gasteiger partial charge in [-0.25, -0.2) is 0 Å². The maximum atomic E-state index is 8.11. The van der Waals surface area contributed by atoms with Crippen molar-refractivity contribution < 1.29 is 69.3 Å². The molecule has 0 unspecified atom stereocenters. The quantitative estimate of drug-likeness (QED) is 0.260. The average Bonchev–Trinajstić information content (AvgIpc) is 0.918. The maximum absolute atomic E-state index is 8.11. The molecule has 0 radical (unpaired) electrons. The summed E-state index contributed by atoms with van der Waals surface area (Å²) in [6.45, 7) is 0. The minimum absolute atomic E-state index is 0. The van der Waals surface area contributed by atoms with Crippen LogP contribution in [0.3, 0.4) is 0 Å². The van der Waals surface area contributed by atoms with Crippen molar-refractivity contribution in [3.05, 3.63) is 4.91 Å². The molecule has 0 saturated carbocycles. The van der Waals surface area contributed by atoms with Gasteiger partial charge < -0.3 is 39.8 Å². The molecule has 0 aromatic rings. The van der Waals surface area contributed by atoms with Crippen molar-refractivity contribution in [2.75, 3.05) is 0 Å². The Labute approximate surface area is 152 Å². The SMILES string of the molecule is O.O=NO.[Ca+2].[Ca+2].[Cl-].[Cl-].[H-].[H-].[H-].[Na+]. The van der Waals surface area contributed by atoms with Gasteiger partial charge in [-0.2, -0.15) is 0 Å². The van der Waals surface area contributed by atoms with E-state index in [-0.39, 0.29) is 140 Å². The van der Waals surface area contributed by atoms with E-state index >= 15 is 0 Å². The van der Waals surface area contributed by atoms with Gasteiger partial charge in [-0.05, 0) is 0 Å². The van der Waals surface area contributed by atoms with Crippen molar-refractivity contribution in [3.63, 3.8) is 0 Å². The van der Waals surface area contributed by atoms with Gasteiger partial charge in [-0.3, -0.25) is 0 Å². The van der Waals surface area contributed by atoms with E-state index in [0.717, 1.165) is 0 Å². The minimum atomic E-state index is 0. The van der Waals surface area contributed by atoms with Crippen LogP contribution < -0.4 is 54.4 Å². The summed E-state index contributed by atoms with van der Waals surface area (Å²) in [5.41, 5.74) is 0. The zero-order chi connectivity index (χ0) is 2.71.